The smallest absolute Gasteiger partial charge is 0.550 e. The van der Waals surface area contributed by atoms with Gasteiger partial charge in [-0.3, -0.25) is 4.79 Å². The topological polar surface area (TPSA) is 66.4 Å². The molecule has 100 valence electrons. The van der Waals surface area contributed by atoms with E-state index >= 15 is 0 Å². The van der Waals surface area contributed by atoms with Crippen molar-refractivity contribution in [3.63, 3.8) is 0 Å². The monoisotopic (exact) mass is 266 g/mol. The second-order valence-corrected chi connectivity index (χ2v) is 4.95. The molecule has 0 aromatic carbocycles. The molecule has 0 atom stereocenters. The summed E-state index contributed by atoms with van der Waals surface area (Å²) in [5, 5.41) is 10.7. The van der Waals surface area contributed by atoms with Crippen LogP contribution in [0.15, 0.2) is 0 Å². The van der Waals surface area contributed by atoms with Crippen LogP contribution in [0, 0.1) is 5.41 Å². The van der Waals surface area contributed by atoms with Gasteiger partial charge in [0.15, 0.2) is 0 Å². The average Bonchev–Trinajstić information content (AvgIpc) is 2.26. The van der Waals surface area contributed by atoms with Crippen LogP contribution in [0.4, 0.5) is 0 Å². The summed E-state index contributed by atoms with van der Waals surface area (Å²) in [4.78, 5) is 22.0. The van der Waals surface area contributed by atoms with Gasteiger partial charge >= 0.3 is 35.5 Å². The van der Waals surface area contributed by atoms with E-state index in [9.17, 15) is 14.7 Å². The van der Waals surface area contributed by atoms with Gasteiger partial charge in [0.2, 0.25) is 0 Å². The summed E-state index contributed by atoms with van der Waals surface area (Å²) in [7, 11) is 0. The Labute approximate surface area is 132 Å². The summed E-state index contributed by atoms with van der Waals surface area (Å²) in [5.74, 6) is -1.45. The fourth-order valence-corrected chi connectivity index (χ4v) is 1.30. The predicted molar refractivity (Wildman–Crippen MR) is 63.1 cm³/mol. The van der Waals surface area contributed by atoms with Gasteiger partial charge in [-0.2, -0.15) is 0 Å². The Morgan fingerprint density at radius 1 is 1.17 bits per heavy atom. The van der Waals surface area contributed by atoms with Crippen LogP contribution in [0.25, 0.3) is 0 Å². The van der Waals surface area contributed by atoms with Crippen molar-refractivity contribution in [1.82, 2.24) is 0 Å². The molecule has 0 radical (unpaired) electrons. The maximum atomic E-state index is 11.3. The summed E-state index contributed by atoms with van der Waals surface area (Å²) in [5.41, 5.74) is -0.971. The van der Waals surface area contributed by atoms with Crippen LogP contribution < -0.4 is 34.7 Å². The van der Waals surface area contributed by atoms with Crippen LogP contribution in [0.3, 0.4) is 0 Å². The fraction of sp³-hybridized carbons (Fsp3) is 0.846. The van der Waals surface area contributed by atoms with E-state index in [1.54, 1.807) is 13.8 Å². The molecule has 0 amide bonds. The molecule has 5 heteroatoms. The van der Waals surface area contributed by atoms with Gasteiger partial charge in [-0.15, -0.1) is 0 Å². The number of carboxylic acid groups (broad SMARTS) is 1. The van der Waals surface area contributed by atoms with Gasteiger partial charge in [0, 0.05) is 17.8 Å². The Morgan fingerprint density at radius 3 is 2.28 bits per heavy atom. The maximum Gasteiger partial charge on any atom is 1.00 e. The number of aliphatic carboxylic acids is 1. The Morgan fingerprint density at radius 2 is 1.78 bits per heavy atom. The quantitative estimate of drug-likeness (QED) is 0.295. The number of hydrogen-bond donors (Lipinski definition) is 0. The molecule has 4 nitrogen and oxygen atoms in total. The number of rotatable bonds is 9. The third kappa shape index (κ3) is 9.92. The second kappa shape index (κ2) is 10.8. The van der Waals surface area contributed by atoms with E-state index in [0.717, 1.165) is 25.7 Å². The first-order valence-electron chi connectivity index (χ1n) is 6.27. The minimum Gasteiger partial charge on any atom is -0.550 e. The number of esters is 1. The van der Waals surface area contributed by atoms with Gasteiger partial charge in [0.1, 0.15) is 0 Å². The van der Waals surface area contributed by atoms with E-state index in [2.05, 4.69) is 6.92 Å². The molecule has 0 unspecified atom stereocenters. The number of hydrogen-bond acceptors (Lipinski definition) is 4. The van der Waals surface area contributed by atoms with Crippen LogP contribution in [-0.4, -0.2) is 18.5 Å². The molecule has 0 saturated carbocycles. The molecule has 0 heterocycles. The summed E-state index contributed by atoms with van der Waals surface area (Å²) in [6.45, 7) is 5.66. The van der Waals surface area contributed by atoms with E-state index in [0.29, 0.717) is 6.61 Å². The number of carbonyl (C=O) groups excluding carboxylic acids is 2. The van der Waals surface area contributed by atoms with Crippen molar-refractivity contribution < 1.29 is 49.0 Å². The summed E-state index contributed by atoms with van der Waals surface area (Å²) < 4.78 is 5.01. The van der Waals surface area contributed by atoms with Crippen molar-refractivity contribution in [2.45, 2.75) is 59.3 Å². The van der Waals surface area contributed by atoms with Crippen LogP contribution >= 0.6 is 0 Å². The van der Waals surface area contributed by atoms with Crippen molar-refractivity contribution in [2.75, 3.05) is 6.61 Å². The van der Waals surface area contributed by atoms with Gasteiger partial charge in [-0.1, -0.05) is 40.0 Å². The molecule has 0 N–H and O–H groups in total. The Hall–Kier alpha value is -0.0600. The Bertz CT molecular complexity index is 251. The number of ether oxygens (including phenoxy) is 1. The Balaban J connectivity index is 0. The molecule has 0 fully saturated rings. The van der Waals surface area contributed by atoms with Gasteiger partial charge in [-0.25, -0.2) is 0 Å². The molecule has 0 aromatic rings. The summed E-state index contributed by atoms with van der Waals surface area (Å²) >= 11 is 0. The maximum absolute atomic E-state index is 11.3. The Kier molecular flexibility index (Phi) is 12.2. The van der Waals surface area contributed by atoms with Crippen molar-refractivity contribution in [2.24, 2.45) is 5.41 Å². The minimum absolute atomic E-state index is 0. The molecule has 0 aromatic heterocycles. The molecule has 18 heavy (non-hydrogen) atoms. The largest absolute Gasteiger partial charge is 1.00 e. The SMILES string of the molecule is CCCCCCOC(=O)CCC(C)(C)C(=O)[O-].[Na+]. The van der Waals surface area contributed by atoms with E-state index in [-0.39, 0.29) is 48.4 Å². The van der Waals surface area contributed by atoms with Gasteiger partial charge in [0.25, 0.3) is 0 Å². The first-order chi connectivity index (χ1) is 7.90. The number of carbonyl (C=O) groups is 2. The average molecular weight is 266 g/mol. The normalized spacial score (nSPS) is 10.6. The van der Waals surface area contributed by atoms with Gasteiger partial charge in [-0.05, 0) is 12.8 Å². The molecule has 0 rings (SSSR count). The minimum atomic E-state index is -1.13. The molecule has 0 aliphatic carbocycles. The fourth-order valence-electron chi connectivity index (χ4n) is 1.30. The molecule has 0 saturated heterocycles. The van der Waals surface area contributed by atoms with Crippen molar-refractivity contribution in [1.29, 1.82) is 0 Å². The third-order valence-corrected chi connectivity index (χ3v) is 2.77. The van der Waals surface area contributed by atoms with Crippen molar-refractivity contribution in [3.05, 3.63) is 0 Å². The molecule has 0 aliphatic heterocycles. The van der Waals surface area contributed by atoms with Gasteiger partial charge in [0.05, 0.1) is 6.61 Å². The molecular formula is C13H23NaO4. The first-order valence-corrected chi connectivity index (χ1v) is 6.27. The van der Waals surface area contributed by atoms with Crippen LogP contribution in [-0.2, 0) is 14.3 Å². The number of unbranched alkanes of at least 4 members (excludes halogenated alkanes) is 3. The predicted octanol–water partition coefficient (Wildman–Crippen LogP) is -1.33. The zero-order chi connectivity index (χ0) is 13.3. The molecular weight excluding hydrogens is 243 g/mol. The van der Waals surface area contributed by atoms with E-state index < -0.39 is 11.4 Å². The molecule has 0 bridgehead atoms. The summed E-state index contributed by atoms with van der Waals surface area (Å²) in [6, 6.07) is 0. The second-order valence-electron chi connectivity index (χ2n) is 4.95. The van der Waals surface area contributed by atoms with E-state index in [4.69, 9.17) is 4.74 Å². The van der Waals surface area contributed by atoms with Gasteiger partial charge < -0.3 is 14.6 Å². The van der Waals surface area contributed by atoms with Crippen LogP contribution in [0.1, 0.15) is 59.3 Å². The van der Waals surface area contributed by atoms with Crippen molar-refractivity contribution in [3.8, 4) is 0 Å². The zero-order valence-electron chi connectivity index (χ0n) is 12.1. The third-order valence-electron chi connectivity index (χ3n) is 2.77. The number of carboxylic acids is 1. The standard InChI is InChI=1S/C13H24O4.Na/c1-4-5-6-7-10-17-11(14)8-9-13(2,3)12(15)16;/h4-10H2,1-3H3,(H,15,16);/q;+1/p-1. The van der Waals surface area contributed by atoms with E-state index in [1.165, 1.54) is 0 Å². The molecule has 0 aliphatic rings. The molecule has 0 spiro atoms. The van der Waals surface area contributed by atoms with Crippen LogP contribution in [0.5, 0.6) is 0 Å². The van der Waals surface area contributed by atoms with E-state index in [1.807, 2.05) is 0 Å². The summed E-state index contributed by atoms with van der Waals surface area (Å²) in [6.07, 6.45) is 4.62. The first kappa shape index (κ1) is 20.3. The zero-order valence-corrected chi connectivity index (χ0v) is 14.1. The van der Waals surface area contributed by atoms with Crippen molar-refractivity contribution >= 4 is 11.9 Å². The van der Waals surface area contributed by atoms with Crippen LogP contribution in [0.2, 0.25) is 0 Å².